The number of benzene rings is 2. The van der Waals surface area contributed by atoms with Crippen LogP contribution in [0.2, 0.25) is 5.02 Å². The number of nitrogen functional groups attached to an aromatic ring is 1. The molecule has 2 aromatic carbocycles. The van der Waals surface area contributed by atoms with Crippen molar-refractivity contribution < 1.29 is 5.21 Å². The van der Waals surface area contributed by atoms with Crippen molar-refractivity contribution in [2.75, 3.05) is 5.73 Å². The summed E-state index contributed by atoms with van der Waals surface area (Å²) >= 11 is 5.83. The molecule has 0 unspecified atom stereocenters. The second-order valence-corrected chi connectivity index (χ2v) is 3.98. The predicted octanol–water partition coefficient (Wildman–Crippen LogP) is 3.15. The van der Waals surface area contributed by atoms with E-state index in [2.05, 4.69) is 5.16 Å². The van der Waals surface area contributed by atoms with Gasteiger partial charge < -0.3 is 10.9 Å². The molecular formula is C13H11ClN2O. The Morgan fingerprint density at radius 3 is 2.41 bits per heavy atom. The first-order chi connectivity index (χ1) is 8.22. The smallest absolute Gasteiger partial charge is 0.119 e. The van der Waals surface area contributed by atoms with E-state index in [1.165, 1.54) is 0 Å². The van der Waals surface area contributed by atoms with Crippen molar-refractivity contribution in [3.8, 4) is 0 Å². The minimum atomic E-state index is 0.430. The van der Waals surface area contributed by atoms with E-state index in [1.54, 1.807) is 18.2 Å². The van der Waals surface area contributed by atoms with Crippen molar-refractivity contribution in [3.63, 3.8) is 0 Å². The minimum Gasteiger partial charge on any atom is -0.410 e. The zero-order chi connectivity index (χ0) is 12.3. The highest BCUT2D eigenvalue weighted by molar-refractivity contribution is 6.31. The van der Waals surface area contributed by atoms with Gasteiger partial charge >= 0.3 is 0 Å². The van der Waals surface area contributed by atoms with E-state index in [1.807, 2.05) is 30.3 Å². The van der Waals surface area contributed by atoms with Crippen LogP contribution in [0.4, 0.5) is 5.69 Å². The molecule has 2 rings (SSSR count). The van der Waals surface area contributed by atoms with E-state index in [4.69, 9.17) is 22.5 Å². The summed E-state index contributed by atoms with van der Waals surface area (Å²) in [5, 5.41) is 13.0. The lowest BCUT2D eigenvalue weighted by Gasteiger charge is -2.08. The molecule has 0 bridgehead atoms. The number of rotatable bonds is 2. The van der Waals surface area contributed by atoms with E-state index in [9.17, 15) is 0 Å². The summed E-state index contributed by atoms with van der Waals surface area (Å²) in [5.74, 6) is 0. The number of halogens is 1. The lowest BCUT2D eigenvalue weighted by molar-refractivity contribution is 0.319. The van der Waals surface area contributed by atoms with E-state index in [0.29, 0.717) is 22.0 Å². The average Bonchev–Trinajstić information content (AvgIpc) is 2.34. The van der Waals surface area contributed by atoms with Crippen LogP contribution >= 0.6 is 11.6 Å². The summed E-state index contributed by atoms with van der Waals surface area (Å²) in [6, 6.07) is 14.4. The van der Waals surface area contributed by atoms with Crippen LogP contribution in [-0.4, -0.2) is 10.9 Å². The number of anilines is 1. The Hall–Kier alpha value is -2.00. The van der Waals surface area contributed by atoms with Gasteiger partial charge in [-0.25, -0.2) is 0 Å². The maximum Gasteiger partial charge on any atom is 0.119 e. The molecule has 0 aliphatic heterocycles. The highest BCUT2D eigenvalue weighted by Gasteiger charge is 2.10. The zero-order valence-electron chi connectivity index (χ0n) is 8.97. The number of oxime groups is 1. The van der Waals surface area contributed by atoms with E-state index >= 15 is 0 Å². The molecule has 0 fully saturated rings. The van der Waals surface area contributed by atoms with E-state index in [-0.39, 0.29) is 0 Å². The van der Waals surface area contributed by atoms with Crippen molar-refractivity contribution in [1.29, 1.82) is 0 Å². The molecular weight excluding hydrogens is 236 g/mol. The minimum absolute atomic E-state index is 0.430. The van der Waals surface area contributed by atoms with E-state index < -0.39 is 0 Å². The van der Waals surface area contributed by atoms with Gasteiger partial charge in [-0.1, -0.05) is 47.1 Å². The Morgan fingerprint density at radius 1 is 1.12 bits per heavy atom. The fourth-order valence-corrected chi connectivity index (χ4v) is 1.79. The van der Waals surface area contributed by atoms with Crippen LogP contribution < -0.4 is 5.73 Å². The molecule has 0 heterocycles. The van der Waals surface area contributed by atoms with Crippen LogP contribution in [-0.2, 0) is 0 Å². The number of nitrogens with zero attached hydrogens (tertiary/aromatic N) is 1. The first-order valence-corrected chi connectivity index (χ1v) is 5.43. The standard InChI is InChI=1S/C13H11ClN2O/c14-10-6-7-11(12(15)8-10)13(16-17)9-4-2-1-3-5-9/h1-8,17H,15H2/b16-13+. The molecule has 86 valence electrons. The lowest BCUT2D eigenvalue weighted by atomic mass is 10.0. The molecule has 0 aliphatic carbocycles. The quantitative estimate of drug-likeness (QED) is 0.370. The third-order valence-corrected chi connectivity index (χ3v) is 2.65. The van der Waals surface area contributed by atoms with Crippen molar-refractivity contribution >= 4 is 23.0 Å². The van der Waals surface area contributed by atoms with Crippen molar-refractivity contribution in [2.24, 2.45) is 5.16 Å². The molecule has 0 amide bonds. The van der Waals surface area contributed by atoms with Gasteiger partial charge in [0.2, 0.25) is 0 Å². The molecule has 0 spiro atoms. The zero-order valence-corrected chi connectivity index (χ0v) is 9.72. The summed E-state index contributed by atoms with van der Waals surface area (Å²) in [5.41, 5.74) is 8.22. The van der Waals surface area contributed by atoms with Gasteiger partial charge in [0.25, 0.3) is 0 Å². The number of hydrogen-bond acceptors (Lipinski definition) is 3. The summed E-state index contributed by atoms with van der Waals surface area (Å²) in [7, 11) is 0. The lowest BCUT2D eigenvalue weighted by Crippen LogP contribution is -2.06. The first-order valence-electron chi connectivity index (χ1n) is 5.05. The Morgan fingerprint density at radius 2 is 1.82 bits per heavy atom. The van der Waals surface area contributed by atoms with Crippen LogP contribution in [0.5, 0.6) is 0 Å². The fourth-order valence-electron chi connectivity index (χ4n) is 1.61. The van der Waals surface area contributed by atoms with Gasteiger partial charge in [0.1, 0.15) is 5.71 Å². The highest BCUT2D eigenvalue weighted by Crippen LogP contribution is 2.21. The SMILES string of the molecule is Nc1cc(Cl)ccc1/C(=N/O)c1ccccc1. The number of nitrogens with two attached hydrogens (primary N) is 1. The molecule has 3 nitrogen and oxygen atoms in total. The summed E-state index contributed by atoms with van der Waals surface area (Å²) in [6.45, 7) is 0. The second-order valence-electron chi connectivity index (χ2n) is 3.55. The molecule has 0 aromatic heterocycles. The first kappa shape index (κ1) is 11.5. The van der Waals surface area contributed by atoms with Crippen LogP contribution in [0, 0.1) is 0 Å². The molecule has 2 aromatic rings. The van der Waals surface area contributed by atoms with Gasteiger partial charge in [-0.15, -0.1) is 0 Å². The Bertz CT molecular complexity index is 553. The Balaban J connectivity index is 2.51. The molecule has 0 saturated heterocycles. The fraction of sp³-hybridized carbons (Fsp3) is 0. The summed E-state index contributed by atoms with van der Waals surface area (Å²) < 4.78 is 0. The normalized spacial score (nSPS) is 11.5. The number of hydrogen-bond donors (Lipinski definition) is 2. The molecule has 0 radical (unpaired) electrons. The molecule has 0 saturated carbocycles. The van der Waals surface area contributed by atoms with Crippen molar-refractivity contribution in [2.45, 2.75) is 0 Å². The van der Waals surface area contributed by atoms with Gasteiger partial charge in [0.15, 0.2) is 0 Å². The van der Waals surface area contributed by atoms with Crippen molar-refractivity contribution in [3.05, 3.63) is 64.7 Å². The van der Waals surface area contributed by atoms with Gasteiger partial charge in [-0.2, -0.15) is 0 Å². The highest BCUT2D eigenvalue weighted by atomic mass is 35.5. The summed E-state index contributed by atoms with van der Waals surface area (Å²) in [4.78, 5) is 0. The predicted molar refractivity (Wildman–Crippen MR) is 69.7 cm³/mol. The van der Waals surface area contributed by atoms with E-state index in [0.717, 1.165) is 5.56 Å². The molecule has 0 atom stereocenters. The molecule has 0 aliphatic rings. The van der Waals surface area contributed by atoms with Crippen LogP contribution in [0.25, 0.3) is 0 Å². The van der Waals surface area contributed by atoms with Gasteiger partial charge in [-0.05, 0) is 18.2 Å². The Kier molecular flexibility index (Phi) is 3.30. The van der Waals surface area contributed by atoms with Gasteiger partial charge in [-0.3, -0.25) is 0 Å². The summed E-state index contributed by atoms with van der Waals surface area (Å²) in [6.07, 6.45) is 0. The molecule has 3 N–H and O–H groups in total. The molecule has 4 heteroatoms. The maximum absolute atomic E-state index is 9.13. The third-order valence-electron chi connectivity index (χ3n) is 2.42. The average molecular weight is 247 g/mol. The monoisotopic (exact) mass is 246 g/mol. The second kappa shape index (κ2) is 4.89. The van der Waals surface area contributed by atoms with Crippen LogP contribution in [0.1, 0.15) is 11.1 Å². The topological polar surface area (TPSA) is 58.6 Å². The largest absolute Gasteiger partial charge is 0.410 e. The van der Waals surface area contributed by atoms with Crippen molar-refractivity contribution in [1.82, 2.24) is 0 Å². The van der Waals surface area contributed by atoms with Crippen LogP contribution in [0.3, 0.4) is 0 Å². The molecule has 17 heavy (non-hydrogen) atoms. The maximum atomic E-state index is 9.13. The van der Waals surface area contributed by atoms with Crippen LogP contribution in [0.15, 0.2) is 53.7 Å². The van der Waals surface area contributed by atoms with Gasteiger partial charge in [0.05, 0.1) is 0 Å². The third kappa shape index (κ3) is 2.40. The van der Waals surface area contributed by atoms with Gasteiger partial charge in [0, 0.05) is 21.8 Å². The Labute approximate surface area is 104 Å².